The van der Waals surface area contributed by atoms with Crippen LogP contribution in [0.15, 0.2) is 72.8 Å². The summed E-state index contributed by atoms with van der Waals surface area (Å²) in [6.45, 7) is 9.34. The molecule has 0 aromatic heterocycles. The summed E-state index contributed by atoms with van der Waals surface area (Å²) >= 11 is 0. The third-order valence-corrected chi connectivity index (χ3v) is 10.1. The van der Waals surface area contributed by atoms with E-state index in [9.17, 15) is 0 Å². The Bertz CT molecular complexity index is 1190. The Hall–Kier alpha value is -3.12. The van der Waals surface area contributed by atoms with E-state index in [1.807, 2.05) is 0 Å². The molecule has 0 unspecified atom stereocenters. The van der Waals surface area contributed by atoms with Crippen LogP contribution >= 0.6 is 0 Å². The van der Waals surface area contributed by atoms with E-state index in [1.165, 1.54) is 77.0 Å². The first-order valence-electron chi connectivity index (χ1n) is 18.0. The van der Waals surface area contributed by atoms with Gasteiger partial charge in [-0.25, -0.2) is 0 Å². The summed E-state index contributed by atoms with van der Waals surface area (Å²) in [6, 6.07) is 28.9. The average molecular weight is 585 g/mol. The maximum absolute atomic E-state index is 2.44. The molecule has 0 radical (unpaired) electrons. The molecule has 0 fully saturated rings. The maximum atomic E-state index is 2.44. The molecule has 0 heterocycles. The van der Waals surface area contributed by atoms with Gasteiger partial charge in [0.15, 0.2) is 0 Å². The van der Waals surface area contributed by atoms with Gasteiger partial charge in [-0.15, -0.1) is 0 Å². The molecule has 0 saturated carbocycles. The lowest BCUT2D eigenvalue weighted by molar-refractivity contribution is 0.764. The highest BCUT2D eigenvalue weighted by Gasteiger charge is 2.19. The molecule has 232 valence electrons. The van der Waals surface area contributed by atoms with Crippen LogP contribution in [0, 0.1) is 0 Å². The van der Waals surface area contributed by atoms with Gasteiger partial charge in [-0.1, -0.05) is 126 Å². The largest absolute Gasteiger partial charge is 0.0654 e. The molecule has 0 nitrogen and oxygen atoms in total. The van der Waals surface area contributed by atoms with Gasteiger partial charge < -0.3 is 0 Å². The Balaban J connectivity index is 1.74. The van der Waals surface area contributed by atoms with Gasteiger partial charge in [-0.05, 0) is 144 Å². The molecular formula is C44H56. The van der Waals surface area contributed by atoms with E-state index in [-0.39, 0.29) is 0 Å². The summed E-state index contributed by atoms with van der Waals surface area (Å²) in [4.78, 5) is 0. The van der Waals surface area contributed by atoms with Crippen molar-refractivity contribution in [3.05, 3.63) is 140 Å². The molecule has 1 aliphatic rings. The molecule has 8 bridgehead atoms. The number of fused-ring (bicyclic) bond motifs is 8. The number of hydrogen-bond donors (Lipinski definition) is 0. The van der Waals surface area contributed by atoms with Crippen LogP contribution in [0.25, 0.3) is 0 Å². The van der Waals surface area contributed by atoms with Gasteiger partial charge in [0.05, 0.1) is 0 Å². The van der Waals surface area contributed by atoms with Crippen LogP contribution in [0.1, 0.15) is 146 Å². The van der Waals surface area contributed by atoms with Gasteiger partial charge in [-0.2, -0.15) is 0 Å². The normalized spacial score (nSPS) is 12.8. The van der Waals surface area contributed by atoms with Crippen molar-refractivity contribution in [2.24, 2.45) is 0 Å². The number of benzene rings is 4. The standard InChI is InChI=1S/C44H56/c1-5-9-25-41-33-17-13-18-34(41)30-36-20-15-22-38(43(36)27-11-7-3)32-40-24-16-23-39(44(40)28-12-8-4)31-37-21-14-19-35(29-33)42(37)26-10-6-2/h13-24H,5-12,25-32H2,1-4H3. The smallest absolute Gasteiger partial charge is 0.00201 e. The van der Waals surface area contributed by atoms with Gasteiger partial charge >= 0.3 is 0 Å². The highest BCUT2D eigenvalue weighted by molar-refractivity contribution is 5.50. The second kappa shape index (κ2) is 16.3. The zero-order valence-electron chi connectivity index (χ0n) is 28.2. The van der Waals surface area contributed by atoms with E-state index in [0.717, 1.165) is 25.7 Å². The van der Waals surface area contributed by atoms with Crippen LogP contribution in [0.5, 0.6) is 0 Å². The minimum atomic E-state index is 1.05. The van der Waals surface area contributed by atoms with Gasteiger partial charge in [-0.3, -0.25) is 0 Å². The minimum absolute atomic E-state index is 1.05. The fraction of sp³-hybridized carbons (Fsp3) is 0.455. The third-order valence-electron chi connectivity index (χ3n) is 10.1. The Morgan fingerprint density at radius 2 is 0.500 bits per heavy atom. The lowest BCUT2D eigenvalue weighted by atomic mass is 9.82. The highest BCUT2D eigenvalue weighted by Crippen LogP contribution is 2.32. The number of unbranched alkanes of at least 4 members (excludes halogenated alkanes) is 4. The van der Waals surface area contributed by atoms with Crippen LogP contribution in [-0.2, 0) is 51.4 Å². The molecule has 4 aromatic carbocycles. The van der Waals surface area contributed by atoms with Crippen molar-refractivity contribution in [2.75, 3.05) is 0 Å². The first-order chi connectivity index (χ1) is 21.7. The number of rotatable bonds is 12. The molecule has 0 spiro atoms. The van der Waals surface area contributed by atoms with Crippen LogP contribution in [0.2, 0.25) is 0 Å². The maximum Gasteiger partial charge on any atom is -0.00201 e. The quantitative estimate of drug-likeness (QED) is 0.137. The van der Waals surface area contributed by atoms with Crippen molar-refractivity contribution < 1.29 is 0 Å². The van der Waals surface area contributed by atoms with Gasteiger partial charge in [0.1, 0.15) is 0 Å². The fourth-order valence-electron chi connectivity index (χ4n) is 7.60. The second-order valence-electron chi connectivity index (χ2n) is 13.3. The number of hydrogen-bond acceptors (Lipinski definition) is 0. The molecule has 0 aliphatic heterocycles. The molecule has 4 aromatic rings. The van der Waals surface area contributed by atoms with Gasteiger partial charge in [0.2, 0.25) is 0 Å². The zero-order valence-corrected chi connectivity index (χ0v) is 28.2. The monoisotopic (exact) mass is 584 g/mol. The van der Waals surface area contributed by atoms with Crippen molar-refractivity contribution >= 4 is 0 Å². The summed E-state index contributed by atoms with van der Waals surface area (Å²) in [5, 5.41) is 0. The average Bonchev–Trinajstić information content (AvgIpc) is 3.03. The predicted octanol–water partition coefficient (Wildman–Crippen LogP) is 11.7. The molecule has 0 heteroatoms. The third kappa shape index (κ3) is 7.74. The SMILES string of the molecule is CCCCc1c2cccc1Cc1cccc(c1CCCC)Cc1cccc(c1CCCC)Cc1cccc(c1CCCC)C2. The van der Waals surface area contributed by atoms with E-state index in [4.69, 9.17) is 0 Å². The summed E-state index contributed by atoms with van der Waals surface area (Å²) < 4.78 is 0. The summed E-state index contributed by atoms with van der Waals surface area (Å²) in [6.07, 6.45) is 18.9. The summed E-state index contributed by atoms with van der Waals surface area (Å²) in [5.74, 6) is 0. The van der Waals surface area contributed by atoms with Crippen molar-refractivity contribution in [2.45, 2.75) is 130 Å². The lowest BCUT2D eigenvalue weighted by Gasteiger charge is -2.23. The first kappa shape index (κ1) is 32.3. The Labute approximate surface area is 269 Å². The summed E-state index contributed by atoms with van der Waals surface area (Å²) in [7, 11) is 0. The van der Waals surface area contributed by atoms with Crippen LogP contribution in [-0.4, -0.2) is 0 Å². The van der Waals surface area contributed by atoms with E-state index in [0.29, 0.717) is 0 Å². The van der Waals surface area contributed by atoms with Crippen molar-refractivity contribution in [3.63, 3.8) is 0 Å². The van der Waals surface area contributed by atoms with Crippen molar-refractivity contribution in [1.29, 1.82) is 0 Å². The topological polar surface area (TPSA) is 0 Å². The Kier molecular flexibility index (Phi) is 11.9. The van der Waals surface area contributed by atoms with Crippen LogP contribution < -0.4 is 0 Å². The Morgan fingerprint density at radius 1 is 0.318 bits per heavy atom. The van der Waals surface area contributed by atoms with Crippen LogP contribution in [0.4, 0.5) is 0 Å². The molecule has 0 amide bonds. The Morgan fingerprint density at radius 3 is 0.659 bits per heavy atom. The minimum Gasteiger partial charge on any atom is -0.0654 e. The van der Waals surface area contributed by atoms with Crippen molar-refractivity contribution in [1.82, 2.24) is 0 Å². The van der Waals surface area contributed by atoms with E-state index >= 15 is 0 Å². The molecule has 0 atom stereocenters. The van der Waals surface area contributed by atoms with Gasteiger partial charge in [0, 0.05) is 0 Å². The first-order valence-corrected chi connectivity index (χ1v) is 18.0. The molecule has 0 N–H and O–H groups in total. The van der Waals surface area contributed by atoms with Crippen molar-refractivity contribution in [3.8, 4) is 0 Å². The molecular weight excluding hydrogens is 528 g/mol. The van der Waals surface area contributed by atoms with Crippen LogP contribution in [0.3, 0.4) is 0 Å². The van der Waals surface area contributed by atoms with E-state index in [1.54, 1.807) is 66.8 Å². The van der Waals surface area contributed by atoms with Gasteiger partial charge in [0.25, 0.3) is 0 Å². The lowest BCUT2D eigenvalue weighted by Crippen LogP contribution is -2.10. The predicted molar refractivity (Wildman–Crippen MR) is 191 cm³/mol. The molecule has 1 aliphatic carbocycles. The fourth-order valence-corrected chi connectivity index (χ4v) is 7.60. The van der Waals surface area contributed by atoms with E-state index in [2.05, 4.69) is 100 Å². The molecule has 0 saturated heterocycles. The van der Waals surface area contributed by atoms with E-state index < -0.39 is 0 Å². The molecule has 5 rings (SSSR count). The second-order valence-corrected chi connectivity index (χ2v) is 13.3. The summed E-state index contributed by atoms with van der Waals surface area (Å²) in [5.41, 5.74) is 18.9. The zero-order chi connectivity index (χ0) is 30.7. The molecule has 44 heavy (non-hydrogen) atoms. The highest BCUT2D eigenvalue weighted by atomic mass is 14.2.